The minimum Gasteiger partial charge on any atom is -0.497 e. The van der Waals surface area contributed by atoms with E-state index >= 15 is 0 Å². The number of ether oxygens (including phenoxy) is 1. The molecule has 1 aliphatic heterocycles. The number of hydrogen-bond acceptors (Lipinski definition) is 4. The van der Waals surface area contributed by atoms with Gasteiger partial charge in [0.05, 0.1) is 19.3 Å². The summed E-state index contributed by atoms with van der Waals surface area (Å²) in [5.74, 6) is 1.02. The van der Waals surface area contributed by atoms with E-state index in [0.717, 1.165) is 11.4 Å². The van der Waals surface area contributed by atoms with Gasteiger partial charge in [-0.15, -0.1) is 0 Å². The van der Waals surface area contributed by atoms with E-state index < -0.39 is 0 Å². The zero-order valence-electron chi connectivity index (χ0n) is 14.4. The van der Waals surface area contributed by atoms with Gasteiger partial charge < -0.3 is 19.4 Å². The molecule has 1 saturated heterocycles. The Morgan fingerprint density at radius 1 is 1.40 bits per heavy atom. The topological polar surface area (TPSA) is 71.8 Å². The summed E-state index contributed by atoms with van der Waals surface area (Å²) in [4.78, 5) is 26.4. The first-order valence-electron chi connectivity index (χ1n) is 8.34. The summed E-state index contributed by atoms with van der Waals surface area (Å²) in [6.45, 7) is 2.31. The molecule has 6 heteroatoms. The molecular formula is C19H22N2O4. The van der Waals surface area contributed by atoms with Gasteiger partial charge in [0, 0.05) is 37.2 Å². The predicted octanol–water partition coefficient (Wildman–Crippen LogP) is 2.39. The van der Waals surface area contributed by atoms with E-state index in [1.54, 1.807) is 24.3 Å². The van der Waals surface area contributed by atoms with Gasteiger partial charge in [-0.25, -0.2) is 0 Å². The highest BCUT2D eigenvalue weighted by molar-refractivity contribution is 6.00. The van der Waals surface area contributed by atoms with E-state index in [2.05, 4.69) is 5.32 Å². The van der Waals surface area contributed by atoms with Crippen molar-refractivity contribution in [1.82, 2.24) is 5.32 Å². The molecule has 25 heavy (non-hydrogen) atoms. The minimum atomic E-state index is -0.349. The molecule has 1 fully saturated rings. The van der Waals surface area contributed by atoms with Crippen LogP contribution in [-0.2, 0) is 16.0 Å². The third-order valence-electron chi connectivity index (χ3n) is 4.34. The summed E-state index contributed by atoms with van der Waals surface area (Å²) >= 11 is 0. The largest absolute Gasteiger partial charge is 0.497 e. The van der Waals surface area contributed by atoms with E-state index in [-0.39, 0.29) is 30.2 Å². The van der Waals surface area contributed by atoms with E-state index in [9.17, 15) is 9.59 Å². The van der Waals surface area contributed by atoms with E-state index in [1.165, 1.54) is 0 Å². The Balaban J connectivity index is 1.60. The van der Waals surface area contributed by atoms with Crippen molar-refractivity contribution in [2.75, 3.05) is 18.6 Å². The summed E-state index contributed by atoms with van der Waals surface area (Å²) in [5, 5.41) is 2.97. The molecule has 6 nitrogen and oxygen atoms in total. The number of nitrogens with zero attached hydrogens (tertiary/aromatic N) is 1. The number of carbonyl (C=O) groups is 2. The molecule has 3 rings (SSSR count). The molecule has 0 unspecified atom stereocenters. The van der Waals surface area contributed by atoms with Crippen LogP contribution in [0.2, 0.25) is 0 Å². The third kappa shape index (κ3) is 4.02. The van der Waals surface area contributed by atoms with Crippen LogP contribution in [0.3, 0.4) is 0 Å². The lowest BCUT2D eigenvalue weighted by Crippen LogP contribution is -2.39. The fraction of sp³-hybridized carbons (Fsp3) is 0.368. The monoisotopic (exact) mass is 342 g/mol. The highest BCUT2D eigenvalue weighted by Gasteiger charge is 2.35. The number of methoxy groups -OCH3 is 1. The average molecular weight is 342 g/mol. The van der Waals surface area contributed by atoms with Crippen LogP contribution in [0.4, 0.5) is 5.69 Å². The van der Waals surface area contributed by atoms with Crippen LogP contribution in [0.5, 0.6) is 5.75 Å². The fourth-order valence-electron chi connectivity index (χ4n) is 3.05. The molecule has 0 spiro atoms. The molecule has 1 aromatic carbocycles. The van der Waals surface area contributed by atoms with Gasteiger partial charge in [0.25, 0.3) is 0 Å². The van der Waals surface area contributed by atoms with Crippen LogP contribution in [0.15, 0.2) is 47.1 Å². The number of amides is 2. The average Bonchev–Trinajstić information content (AvgIpc) is 3.24. The second-order valence-corrected chi connectivity index (χ2v) is 6.30. The van der Waals surface area contributed by atoms with Gasteiger partial charge in [0.1, 0.15) is 11.5 Å². The van der Waals surface area contributed by atoms with Crippen LogP contribution in [-0.4, -0.2) is 31.5 Å². The number of anilines is 1. The van der Waals surface area contributed by atoms with Crippen LogP contribution in [0.25, 0.3) is 0 Å². The van der Waals surface area contributed by atoms with E-state index in [0.29, 0.717) is 18.7 Å². The lowest BCUT2D eigenvalue weighted by Gasteiger charge is -2.18. The molecule has 1 aliphatic rings. The Morgan fingerprint density at radius 3 is 2.96 bits per heavy atom. The molecule has 0 bridgehead atoms. The van der Waals surface area contributed by atoms with Crippen molar-refractivity contribution >= 4 is 17.5 Å². The molecule has 2 amide bonds. The first-order chi connectivity index (χ1) is 12.1. The van der Waals surface area contributed by atoms with Crippen molar-refractivity contribution in [3.63, 3.8) is 0 Å². The Morgan fingerprint density at radius 2 is 2.24 bits per heavy atom. The van der Waals surface area contributed by atoms with Gasteiger partial charge in [-0.2, -0.15) is 0 Å². The first-order valence-corrected chi connectivity index (χ1v) is 8.34. The molecule has 0 saturated carbocycles. The van der Waals surface area contributed by atoms with Crippen LogP contribution < -0.4 is 15.0 Å². The lowest BCUT2D eigenvalue weighted by atomic mass is 10.1. The first kappa shape index (κ1) is 17.1. The van der Waals surface area contributed by atoms with Gasteiger partial charge in [-0.3, -0.25) is 9.59 Å². The number of rotatable bonds is 6. The molecule has 132 valence electrons. The zero-order chi connectivity index (χ0) is 17.8. The molecule has 1 N–H and O–H groups in total. The summed E-state index contributed by atoms with van der Waals surface area (Å²) in [7, 11) is 1.58. The highest BCUT2D eigenvalue weighted by Crippen LogP contribution is 2.28. The smallest absolute Gasteiger partial charge is 0.227 e. The van der Waals surface area contributed by atoms with Gasteiger partial charge in [0.15, 0.2) is 0 Å². The van der Waals surface area contributed by atoms with Crippen molar-refractivity contribution in [1.29, 1.82) is 0 Å². The SMILES string of the molecule is COc1cccc(N2C[C@H](C(=O)N[C@@H](C)Cc3ccco3)CC2=O)c1. The second-order valence-electron chi connectivity index (χ2n) is 6.30. The number of hydrogen-bond donors (Lipinski definition) is 1. The summed E-state index contributed by atoms with van der Waals surface area (Å²) in [5.41, 5.74) is 0.753. The van der Waals surface area contributed by atoms with Crippen LogP contribution in [0.1, 0.15) is 19.1 Å². The summed E-state index contributed by atoms with van der Waals surface area (Å²) < 4.78 is 10.5. The van der Waals surface area contributed by atoms with Gasteiger partial charge in [-0.05, 0) is 31.2 Å². The Labute approximate surface area is 146 Å². The molecular weight excluding hydrogens is 320 g/mol. The Bertz CT molecular complexity index is 742. The third-order valence-corrected chi connectivity index (χ3v) is 4.34. The van der Waals surface area contributed by atoms with Gasteiger partial charge in [0.2, 0.25) is 11.8 Å². The molecule has 2 aromatic rings. The lowest BCUT2D eigenvalue weighted by molar-refractivity contribution is -0.126. The highest BCUT2D eigenvalue weighted by atomic mass is 16.5. The van der Waals surface area contributed by atoms with Gasteiger partial charge >= 0.3 is 0 Å². The van der Waals surface area contributed by atoms with Crippen LogP contribution >= 0.6 is 0 Å². The normalized spacial score (nSPS) is 18.2. The maximum Gasteiger partial charge on any atom is 0.227 e. The number of benzene rings is 1. The quantitative estimate of drug-likeness (QED) is 0.875. The molecule has 0 aliphatic carbocycles. The predicted molar refractivity (Wildman–Crippen MR) is 93.5 cm³/mol. The van der Waals surface area contributed by atoms with Crippen molar-refractivity contribution < 1.29 is 18.7 Å². The number of furan rings is 1. The summed E-state index contributed by atoms with van der Waals surface area (Å²) in [6, 6.07) is 11.0. The summed E-state index contributed by atoms with van der Waals surface area (Å²) in [6.07, 6.45) is 2.46. The molecule has 2 heterocycles. The van der Waals surface area contributed by atoms with Crippen molar-refractivity contribution in [2.45, 2.75) is 25.8 Å². The fourth-order valence-corrected chi connectivity index (χ4v) is 3.05. The standard InChI is InChI=1S/C19H22N2O4/c1-13(9-17-7-4-8-25-17)20-19(23)14-10-18(22)21(12-14)15-5-3-6-16(11-15)24-2/h3-8,11,13-14H,9-10,12H2,1-2H3,(H,20,23)/t13-,14+/m0/s1. The van der Waals surface area contributed by atoms with E-state index in [4.69, 9.17) is 9.15 Å². The number of carbonyl (C=O) groups excluding carboxylic acids is 2. The maximum absolute atomic E-state index is 12.5. The van der Waals surface area contributed by atoms with Gasteiger partial charge in [-0.1, -0.05) is 6.07 Å². The zero-order valence-corrected chi connectivity index (χ0v) is 14.4. The van der Waals surface area contributed by atoms with Crippen LogP contribution in [0, 0.1) is 5.92 Å². The van der Waals surface area contributed by atoms with Crippen molar-refractivity contribution in [2.24, 2.45) is 5.92 Å². The minimum absolute atomic E-state index is 0.0490. The second kappa shape index (κ2) is 7.42. The molecule has 1 aromatic heterocycles. The molecule has 0 radical (unpaired) electrons. The van der Waals surface area contributed by atoms with Crippen molar-refractivity contribution in [3.8, 4) is 5.75 Å². The maximum atomic E-state index is 12.5. The Kier molecular flexibility index (Phi) is 5.07. The van der Waals surface area contributed by atoms with E-state index in [1.807, 2.05) is 37.3 Å². The number of nitrogens with one attached hydrogen (secondary N) is 1. The Hall–Kier alpha value is -2.76. The van der Waals surface area contributed by atoms with Crippen molar-refractivity contribution in [3.05, 3.63) is 48.4 Å². The molecule has 2 atom stereocenters.